The lowest BCUT2D eigenvalue weighted by molar-refractivity contribution is -0.118. The Labute approximate surface area is 186 Å². The number of hydrogen-bond acceptors (Lipinski definition) is 6. The van der Waals surface area contributed by atoms with E-state index in [1.165, 1.54) is 17.8 Å². The number of carbonyl (C=O) groups is 1. The monoisotopic (exact) mass is 451 g/mol. The zero-order chi connectivity index (χ0) is 21.5. The Hall–Kier alpha value is -2.06. The number of halogens is 2. The highest BCUT2D eigenvalue weighted by Crippen LogP contribution is 2.25. The van der Waals surface area contributed by atoms with Crippen molar-refractivity contribution >= 4 is 40.8 Å². The molecule has 0 atom stereocenters. The summed E-state index contributed by atoms with van der Waals surface area (Å²) in [4.78, 5) is 25.0. The van der Waals surface area contributed by atoms with Crippen molar-refractivity contribution in [1.82, 2.24) is 15.3 Å². The van der Waals surface area contributed by atoms with E-state index in [0.717, 1.165) is 12.2 Å². The van der Waals surface area contributed by atoms with E-state index in [-0.39, 0.29) is 17.5 Å². The number of amides is 1. The first-order valence-corrected chi connectivity index (χ1v) is 11.5. The Bertz CT molecular complexity index is 861. The van der Waals surface area contributed by atoms with Crippen LogP contribution in [0, 0.1) is 11.7 Å². The predicted molar refractivity (Wildman–Crippen MR) is 121 cm³/mol. The van der Waals surface area contributed by atoms with E-state index in [9.17, 15) is 9.18 Å². The molecule has 0 unspecified atom stereocenters. The summed E-state index contributed by atoms with van der Waals surface area (Å²) in [6.45, 7) is 7.68. The van der Waals surface area contributed by atoms with Crippen molar-refractivity contribution < 1.29 is 9.18 Å². The second kappa shape index (κ2) is 10.8. The molecule has 0 saturated carbocycles. The summed E-state index contributed by atoms with van der Waals surface area (Å²) >= 11 is 7.47. The van der Waals surface area contributed by atoms with E-state index in [0.29, 0.717) is 54.6 Å². The predicted octanol–water partition coefficient (Wildman–Crippen LogP) is 3.85. The SMILES string of the molecule is CC(C)CCNC(=O)CSc1nc(Cl)cc(N2CCN(c3ccccc3F)CC2)n1. The molecule has 1 aromatic carbocycles. The number of nitrogens with one attached hydrogen (secondary N) is 1. The standard InChI is InChI=1S/C21H27ClFN5OS/c1-15(2)7-8-24-20(29)14-30-21-25-18(22)13-19(26-21)28-11-9-27(10-12-28)17-6-4-3-5-16(17)23/h3-6,13,15H,7-12,14H2,1-2H3,(H,24,29). The second-order valence-corrected chi connectivity index (χ2v) is 8.91. The number of rotatable bonds is 8. The highest BCUT2D eigenvalue weighted by Gasteiger charge is 2.21. The molecule has 30 heavy (non-hydrogen) atoms. The number of benzene rings is 1. The highest BCUT2D eigenvalue weighted by molar-refractivity contribution is 7.99. The van der Waals surface area contributed by atoms with Crippen LogP contribution < -0.4 is 15.1 Å². The van der Waals surface area contributed by atoms with Crippen molar-refractivity contribution in [3.63, 3.8) is 0 Å². The number of hydrogen-bond donors (Lipinski definition) is 1. The molecule has 1 aliphatic rings. The Morgan fingerprint density at radius 2 is 1.90 bits per heavy atom. The zero-order valence-electron chi connectivity index (χ0n) is 17.3. The first-order chi connectivity index (χ1) is 14.4. The molecule has 3 rings (SSSR count). The van der Waals surface area contributed by atoms with Gasteiger partial charge in [-0.1, -0.05) is 49.3 Å². The number of nitrogens with zero attached hydrogens (tertiary/aromatic N) is 4. The van der Waals surface area contributed by atoms with Gasteiger partial charge in [0.15, 0.2) is 5.16 Å². The molecule has 1 fully saturated rings. The highest BCUT2D eigenvalue weighted by atomic mass is 35.5. The van der Waals surface area contributed by atoms with Crippen molar-refractivity contribution in [2.24, 2.45) is 5.92 Å². The first-order valence-electron chi connectivity index (χ1n) is 10.1. The Kier molecular flexibility index (Phi) is 8.16. The Morgan fingerprint density at radius 3 is 2.60 bits per heavy atom. The maximum Gasteiger partial charge on any atom is 0.230 e. The first kappa shape index (κ1) is 22.6. The fourth-order valence-electron chi connectivity index (χ4n) is 3.18. The summed E-state index contributed by atoms with van der Waals surface area (Å²) in [6.07, 6.45) is 0.951. The fraction of sp³-hybridized carbons (Fsp3) is 0.476. The molecular formula is C21H27ClFN5OS. The molecule has 0 aliphatic carbocycles. The van der Waals surface area contributed by atoms with E-state index in [2.05, 4.69) is 34.0 Å². The number of piperazine rings is 1. The fourth-order valence-corrected chi connectivity index (χ4v) is 4.09. The summed E-state index contributed by atoms with van der Waals surface area (Å²) in [5.41, 5.74) is 0.623. The van der Waals surface area contributed by atoms with E-state index < -0.39 is 0 Å². The quantitative estimate of drug-likeness (QED) is 0.373. The number of anilines is 2. The molecule has 1 N–H and O–H groups in total. The molecule has 9 heteroatoms. The van der Waals surface area contributed by atoms with E-state index in [4.69, 9.17) is 11.6 Å². The van der Waals surface area contributed by atoms with Gasteiger partial charge in [0.1, 0.15) is 16.8 Å². The minimum absolute atomic E-state index is 0.0377. The summed E-state index contributed by atoms with van der Waals surface area (Å²) in [6, 6.07) is 8.55. The molecule has 0 bridgehead atoms. The van der Waals surface area contributed by atoms with Crippen molar-refractivity contribution in [2.45, 2.75) is 25.4 Å². The van der Waals surface area contributed by atoms with Gasteiger partial charge in [-0.25, -0.2) is 14.4 Å². The van der Waals surface area contributed by atoms with Gasteiger partial charge in [0.25, 0.3) is 0 Å². The van der Waals surface area contributed by atoms with Crippen LogP contribution in [0.25, 0.3) is 0 Å². The van der Waals surface area contributed by atoms with Gasteiger partial charge in [-0.15, -0.1) is 0 Å². The van der Waals surface area contributed by atoms with Crippen molar-refractivity contribution in [3.8, 4) is 0 Å². The molecule has 2 aromatic rings. The van der Waals surface area contributed by atoms with Crippen molar-refractivity contribution in [3.05, 3.63) is 41.3 Å². The summed E-state index contributed by atoms with van der Waals surface area (Å²) in [5.74, 6) is 1.28. The van der Waals surface area contributed by atoms with Gasteiger partial charge in [0.2, 0.25) is 5.91 Å². The molecular weight excluding hydrogens is 425 g/mol. The Morgan fingerprint density at radius 1 is 1.20 bits per heavy atom. The van der Waals surface area contributed by atoms with Crippen LogP contribution in [0.3, 0.4) is 0 Å². The van der Waals surface area contributed by atoms with Crippen molar-refractivity contribution in [2.75, 3.05) is 48.3 Å². The third-order valence-electron chi connectivity index (χ3n) is 4.83. The van der Waals surface area contributed by atoms with Gasteiger partial charge in [-0.05, 0) is 24.5 Å². The topological polar surface area (TPSA) is 61.4 Å². The summed E-state index contributed by atoms with van der Waals surface area (Å²) in [7, 11) is 0. The van der Waals surface area contributed by atoms with Gasteiger partial charge in [0.05, 0.1) is 11.4 Å². The maximum atomic E-state index is 14.0. The van der Waals surface area contributed by atoms with Gasteiger partial charge in [0, 0.05) is 38.8 Å². The van der Waals surface area contributed by atoms with Crippen LogP contribution >= 0.6 is 23.4 Å². The van der Waals surface area contributed by atoms with Gasteiger partial charge in [-0.2, -0.15) is 0 Å². The number of para-hydroxylation sites is 1. The van der Waals surface area contributed by atoms with Crippen LogP contribution in [0.4, 0.5) is 15.9 Å². The zero-order valence-corrected chi connectivity index (χ0v) is 18.8. The second-order valence-electron chi connectivity index (χ2n) is 7.58. The smallest absolute Gasteiger partial charge is 0.230 e. The number of carbonyl (C=O) groups excluding carboxylic acids is 1. The number of aromatic nitrogens is 2. The van der Waals surface area contributed by atoms with Gasteiger partial charge in [-0.3, -0.25) is 4.79 Å². The summed E-state index contributed by atoms with van der Waals surface area (Å²) < 4.78 is 14.0. The van der Waals surface area contributed by atoms with Gasteiger partial charge >= 0.3 is 0 Å². The van der Waals surface area contributed by atoms with Crippen molar-refractivity contribution in [1.29, 1.82) is 0 Å². The molecule has 0 spiro atoms. The lowest BCUT2D eigenvalue weighted by atomic mass is 10.1. The third-order valence-corrected chi connectivity index (χ3v) is 5.87. The minimum Gasteiger partial charge on any atom is -0.366 e. The van der Waals surface area contributed by atoms with Crippen LogP contribution in [0.5, 0.6) is 0 Å². The minimum atomic E-state index is -0.207. The third kappa shape index (κ3) is 6.47. The molecule has 162 valence electrons. The van der Waals surface area contributed by atoms with Crippen LogP contribution in [0.15, 0.2) is 35.5 Å². The molecule has 2 heterocycles. The van der Waals surface area contributed by atoms with Crippen LogP contribution in [-0.4, -0.2) is 54.4 Å². The lowest BCUT2D eigenvalue weighted by Crippen LogP contribution is -2.47. The van der Waals surface area contributed by atoms with E-state index in [1.54, 1.807) is 18.2 Å². The number of thioether (sulfide) groups is 1. The van der Waals surface area contributed by atoms with Gasteiger partial charge < -0.3 is 15.1 Å². The summed E-state index contributed by atoms with van der Waals surface area (Å²) in [5, 5.41) is 3.73. The molecule has 1 saturated heterocycles. The molecule has 1 amide bonds. The van der Waals surface area contributed by atoms with E-state index >= 15 is 0 Å². The van der Waals surface area contributed by atoms with Crippen LogP contribution in [0.1, 0.15) is 20.3 Å². The van der Waals surface area contributed by atoms with E-state index in [1.807, 2.05) is 11.0 Å². The Balaban J connectivity index is 1.55. The normalized spacial score (nSPS) is 14.3. The largest absolute Gasteiger partial charge is 0.366 e. The molecule has 0 radical (unpaired) electrons. The molecule has 1 aromatic heterocycles. The maximum absolute atomic E-state index is 14.0. The lowest BCUT2D eigenvalue weighted by Gasteiger charge is -2.36. The van der Waals surface area contributed by atoms with Crippen LogP contribution in [0.2, 0.25) is 5.15 Å². The molecule has 6 nitrogen and oxygen atoms in total. The average Bonchev–Trinajstić information content (AvgIpc) is 2.72. The average molecular weight is 452 g/mol. The van der Waals surface area contributed by atoms with Crippen LogP contribution in [-0.2, 0) is 4.79 Å². The molecule has 1 aliphatic heterocycles.